The number of hydrogen-bond donors (Lipinski definition) is 1. The highest BCUT2D eigenvalue weighted by Crippen LogP contribution is 2.19. The Hall–Kier alpha value is -1.14. The molecule has 2 unspecified atom stereocenters. The van der Waals surface area contributed by atoms with E-state index in [0.29, 0.717) is 13.0 Å². The summed E-state index contributed by atoms with van der Waals surface area (Å²) < 4.78 is 4.86. The van der Waals surface area contributed by atoms with Gasteiger partial charge in [0, 0.05) is 27.7 Å². The van der Waals surface area contributed by atoms with Gasteiger partial charge >= 0.3 is 0 Å². The van der Waals surface area contributed by atoms with E-state index in [4.69, 9.17) is 10.5 Å². The van der Waals surface area contributed by atoms with Crippen LogP contribution in [0.4, 0.5) is 0 Å². The van der Waals surface area contributed by atoms with Crippen LogP contribution in [0.3, 0.4) is 0 Å². The summed E-state index contributed by atoms with van der Waals surface area (Å²) in [5, 5.41) is 0. The van der Waals surface area contributed by atoms with Gasteiger partial charge in [-0.05, 0) is 12.8 Å². The second-order valence-corrected chi connectivity index (χ2v) is 4.48. The summed E-state index contributed by atoms with van der Waals surface area (Å²) in [6, 6.07) is -1.05. The number of likely N-dealkylation sites (N-methyl/N-ethyl adjacent to an activating group) is 1. The smallest absolute Gasteiger partial charge is 0.244 e. The molecule has 0 bridgehead atoms. The summed E-state index contributed by atoms with van der Waals surface area (Å²) in [7, 11) is 4.89. The summed E-state index contributed by atoms with van der Waals surface area (Å²) in [6.07, 6.45) is 1.55. The number of methoxy groups -OCH3 is 1. The lowest BCUT2D eigenvalue weighted by molar-refractivity contribution is -0.143. The van der Waals surface area contributed by atoms with Crippen molar-refractivity contribution in [1.29, 1.82) is 0 Å². The maximum Gasteiger partial charge on any atom is 0.244 e. The van der Waals surface area contributed by atoms with Crippen LogP contribution in [0.1, 0.15) is 12.8 Å². The molecule has 2 amide bonds. The van der Waals surface area contributed by atoms with Gasteiger partial charge in [0.2, 0.25) is 11.8 Å². The Bertz CT molecular complexity index is 294. The standard InChI is InChI=1S/C11H21N3O3/c1-13(2)11(16)9-5-4-6-14(9)10(15)8(12)7-17-3/h8-9H,4-7,12H2,1-3H3. The van der Waals surface area contributed by atoms with E-state index in [-0.39, 0.29) is 24.5 Å². The molecule has 0 aliphatic carbocycles. The van der Waals surface area contributed by atoms with Crippen LogP contribution in [-0.4, -0.2) is 68.1 Å². The van der Waals surface area contributed by atoms with E-state index >= 15 is 0 Å². The van der Waals surface area contributed by atoms with Crippen molar-refractivity contribution < 1.29 is 14.3 Å². The van der Waals surface area contributed by atoms with E-state index in [9.17, 15) is 9.59 Å². The molecule has 0 aromatic heterocycles. The van der Waals surface area contributed by atoms with Crippen molar-refractivity contribution >= 4 is 11.8 Å². The molecule has 1 heterocycles. The van der Waals surface area contributed by atoms with Crippen LogP contribution in [-0.2, 0) is 14.3 Å². The maximum absolute atomic E-state index is 12.0. The predicted molar refractivity (Wildman–Crippen MR) is 63.3 cm³/mol. The molecule has 0 aromatic carbocycles. The Kier molecular flexibility index (Phi) is 4.89. The van der Waals surface area contributed by atoms with Crippen molar-refractivity contribution in [2.75, 3.05) is 34.4 Å². The molecule has 2 atom stereocenters. The molecule has 0 spiro atoms. The lowest BCUT2D eigenvalue weighted by atomic mass is 10.2. The number of nitrogens with zero attached hydrogens (tertiary/aromatic N) is 2. The second kappa shape index (κ2) is 5.97. The highest BCUT2D eigenvalue weighted by atomic mass is 16.5. The number of amides is 2. The van der Waals surface area contributed by atoms with E-state index < -0.39 is 6.04 Å². The Morgan fingerprint density at radius 2 is 2.18 bits per heavy atom. The molecule has 6 nitrogen and oxygen atoms in total. The molecular formula is C11H21N3O3. The molecule has 2 N–H and O–H groups in total. The quantitative estimate of drug-likeness (QED) is 0.690. The molecule has 1 fully saturated rings. The van der Waals surface area contributed by atoms with E-state index in [1.165, 1.54) is 12.0 Å². The molecule has 17 heavy (non-hydrogen) atoms. The van der Waals surface area contributed by atoms with E-state index in [0.717, 1.165) is 6.42 Å². The largest absolute Gasteiger partial charge is 0.383 e. The van der Waals surface area contributed by atoms with Gasteiger partial charge in [0.1, 0.15) is 12.1 Å². The Balaban J connectivity index is 2.69. The van der Waals surface area contributed by atoms with Gasteiger partial charge < -0.3 is 20.3 Å². The van der Waals surface area contributed by atoms with Gasteiger partial charge in [-0.3, -0.25) is 9.59 Å². The van der Waals surface area contributed by atoms with E-state index in [2.05, 4.69) is 0 Å². The molecule has 1 aliphatic rings. The highest BCUT2D eigenvalue weighted by molar-refractivity contribution is 5.90. The maximum atomic E-state index is 12.0. The van der Waals surface area contributed by atoms with Crippen LogP contribution in [0.2, 0.25) is 0 Å². The van der Waals surface area contributed by atoms with Crippen molar-refractivity contribution in [3.8, 4) is 0 Å². The molecule has 0 saturated carbocycles. The first-order chi connectivity index (χ1) is 7.99. The molecule has 1 saturated heterocycles. The summed E-state index contributed by atoms with van der Waals surface area (Å²) in [6.45, 7) is 0.776. The van der Waals surface area contributed by atoms with Gasteiger partial charge in [0.15, 0.2) is 0 Å². The fraction of sp³-hybridized carbons (Fsp3) is 0.818. The molecule has 0 radical (unpaired) electrons. The Labute approximate surface area is 102 Å². The van der Waals surface area contributed by atoms with Crippen molar-refractivity contribution in [3.05, 3.63) is 0 Å². The lowest BCUT2D eigenvalue weighted by Gasteiger charge is -2.28. The number of carbonyl (C=O) groups is 2. The minimum Gasteiger partial charge on any atom is -0.383 e. The number of hydrogen-bond acceptors (Lipinski definition) is 4. The van der Waals surface area contributed by atoms with Gasteiger partial charge in [-0.2, -0.15) is 0 Å². The third kappa shape index (κ3) is 3.17. The second-order valence-electron chi connectivity index (χ2n) is 4.48. The summed E-state index contributed by atoms with van der Waals surface area (Å²) >= 11 is 0. The summed E-state index contributed by atoms with van der Waals surface area (Å²) in [5.41, 5.74) is 5.70. The SMILES string of the molecule is COCC(N)C(=O)N1CCCC1C(=O)N(C)C. The zero-order valence-electron chi connectivity index (χ0n) is 10.7. The molecule has 98 valence electrons. The number of ether oxygens (including phenoxy) is 1. The first-order valence-electron chi connectivity index (χ1n) is 5.75. The van der Waals surface area contributed by atoms with Crippen LogP contribution in [0.5, 0.6) is 0 Å². The summed E-state index contributed by atoms with van der Waals surface area (Å²) in [4.78, 5) is 27.0. The van der Waals surface area contributed by atoms with E-state index in [1.54, 1.807) is 19.0 Å². The van der Waals surface area contributed by atoms with Crippen LogP contribution < -0.4 is 5.73 Å². The molecule has 6 heteroatoms. The van der Waals surface area contributed by atoms with Gasteiger partial charge in [-0.15, -0.1) is 0 Å². The fourth-order valence-electron chi connectivity index (χ4n) is 2.05. The van der Waals surface area contributed by atoms with Crippen molar-refractivity contribution in [1.82, 2.24) is 9.80 Å². The molecule has 1 rings (SSSR count). The van der Waals surface area contributed by atoms with Crippen molar-refractivity contribution in [2.24, 2.45) is 5.73 Å². The molecule has 1 aliphatic heterocycles. The average molecular weight is 243 g/mol. The lowest BCUT2D eigenvalue weighted by Crippen LogP contribution is -2.52. The van der Waals surface area contributed by atoms with Crippen molar-refractivity contribution in [3.63, 3.8) is 0 Å². The third-order valence-electron chi connectivity index (χ3n) is 2.93. The highest BCUT2D eigenvalue weighted by Gasteiger charge is 2.36. The minimum absolute atomic E-state index is 0.0412. The van der Waals surface area contributed by atoms with Crippen LogP contribution in [0.15, 0.2) is 0 Å². The van der Waals surface area contributed by atoms with Gasteiger partial charge in [0.25, 0.3) is 0 Å². The van der Waals surface area contributed by atoms with Gasteiger partial charge in [-0.25, -0.2) is 0 Å². The third-order valence-corrected chi connectivity index (χ3v) is 2.93. The number of rotatable bonds is 4. The average Bonchev–Trinajstić information content (AvgIpc) is 2.75. The topological polar surface area (TPSA) is 75.9 Å². The molecule has 0 aromatic rings. The predicted octanol–water partition coefficient (Wildman–Crippen LogP) is -0.961. The van der Waals surface area contributed by atoms with Crippen molar-refractivity contribution in [2.45, 2.75) is 24.9 Å². The monoisotopic (exact) mass is 243 g/mol. The number of likely N-dealkylation sites (tertiary alicyclic amines) is 1. The first-order valence-corrected chi connectivity index (χ1v) is 5.75. The summed E-state index contributed by atoms with van der Waals surface area (Å²) in [5.74, 6) is -0.245. The Morgan fingerprint density at radius 1 is 1.53 bits per heavy atom. The van der Waals surface area contributed by atoms with Gasteiger partial charge in [0.05, 0.1) is 6.61 Å². The van der Waals surface area contributed by atoms with Gasteiger partial charge in [-0.1, -0.05) is 0 Å². The van der Waals surface area contributed by atoms with E-state index in [1.807, 2.05) is 0 Å². The molecular weight excluding hydrogens is 222 g/mol. The number of nitrogens with two attached hydrogens (primary N) is 1. The van der Waals surface area contributed by atoms with Crippen LogP contribution >= 0.6 is 0 Å². The minimum atomic E-state index is -0.685. The van der Waals surface area contributed by atoms with Crippen LogP contribution in [0, 0.1) is 0 Å². The first kappa shape index (κ1) is 13.9. The zero-order valence-corrected chi connectivity index (χ0v) is 10.7. The normalized spacial score (nSPS) is 21.4. The fourth-order valence-corrected chi connectivity index (χ4v) is 2.05. The Morgan fingerprint density at radius 3 is 2.71 bits per heavy atom. The van der Waals surface area contributed by atoms with Crippen LogP contribution in [0.25, 0.3) is 0 Å². The number of carbonyl (C=O) groups excluding carboxylic acids is 2. The zero-order chi connectivity index (χ0) is 13.0.